The zero-order valence-electron chi connectivity index (χ0n) is 12.8. The summed E-state index contributed by atoms with van der Waals surface area (Å²) in [6, 6.07) is 16.8. The van der Waals surface area contributed by atoms with E-state index < -0.39 is 5.91 Å². The Morgan fingerprint density at radius 1 is 1.08 bits per heavy atom. The Kier molecular flexibility index (Phi) is 4.67. The van der Waals surface area contributed by atoms with Gasteiger partial charge in [-0.05, 0) is 35.9 Å². The predicted octanol–water partition coefficient (Wildman–Crippen LogP) is 2.77. The molecule has 0 bridgehead atoms. The molecule has 0 aliphatic rings. The van der Waals surface area contributed by atoms with Crippen molar-refractivity contribution in [2.45, 2.75) is 0 Å². The fourth-order valence-corrected chi connectivity index (χ4v) is 2.01. The normalized spacial score (nSPS) is 10.8. The molecule has 0 saturated carbocycles. The van der Waals surface area contributed by atoms with E-state index in [9.17, 15) is 4.79 Å². The molecule has 0 atom stereocenters. The second-order valence-electron chi connectivity index (χ2n) is 4.98. The number of hydrogen-bond donors (Lipinski definition) is 1. The lowest BCUT2D eigenvalue weighted by Gasteiger charge is -2.03. The Labute approximate surface area is 138 Å². The highest BCUT2D eigenvalue weighted by atomic mass is 16.5. The van der Waals surface area contributed by atoms with Gasteiger partial charge < -0.3 is 15.0 Å². The monoisotopic (exact) mass is 321 g/mol. The van der Waals surface area contributed by atoms with Crippen LogP contribution in [-0.4, -0.2) is 22.7 Å². The quantitative estimate of drug-likeness (QED) is 0.754. The van der Waals surface area contributed by atoms with Crippen LogP contribution in [0, 0.1) is 0 Å². The first kappa shape index (κ1) is 15.5. The van der Waals surface area contributed by atoms with E-state index in [2.05, 4.69) is 10.1 Å². The third-order valence-corrected chi connectivity index (χ3v) is 3.15. The molecule has 1 aromatic heterocycles. The van der Waals surface area contributed by atoms with Crippen molar-refractivity contribution >= 4 is 18.1 Å². The average Bonchev–Trinajstić information content (AvgIpc) is 3.08. The molecule has 120 valence electrons. The van der Waals surface area contributed by atoms with Crippen LogP contribution in [0.15, 0.2) is 59.1 Å². The number of nitrogens with two attached hydrogens (primary N) is 1. The highest BCUT2D eigenvalue weighted by molar-refractivity contribution is 5.75. The molecule has 0 aliphatic heterocycles. The molecular weight excluding hydrogens is 306 g/mol. The van der Waals surface area contributed by atoms with Crippen molar-refractivity contribution in [2.24, 2.45) is 5.73 Å². The fraction of sp³-hybridized carbons (Fsp3) is 0.0556. The zero-order chi connectivity index (χ0) is 16.8. The van der Waals surface area contributed by atoms with Gasteiger partial charge in [0.25, 0.3) is 11.8 Å². The average molecular weight is 321 g/mol. The van der Waals surface area contributed by atoms with Crippen molar-refractivity contribution in [3.63, 3.8) is 0 Å². The number of amides is 1. The van der Waals surface area contributed by atoms with Crippen LogP contribution in [0.1, 0.15) is 11.5 Å². The van der Waals surface area contributed by atoms with E-state index in [-0.39, 0.29) is 6.61 Å². The first-order valence-electron chi connectivity index (χ1n) is 7.29. The number of primary amides is 1. The second kappa shape index (κ2) is 7.23. The van der Waals surface area contributed by atoms with Gasteiger partial charge >= 0.3 is 0 Å². The SMILES string of the molecule is NC(=O)COc1ccc(-c2noc(/C=C/c3ccccc3)n2)cc1. The van der Waals surface area contributed by atoms with Crippen LogP contribution in [0.3, 0.4) is 0 Å². The molecule has 24 heavy (non-hydrogen) atoms. The number of rotatable bonds is 6. The van der Waals surface area contributed by atoms with Gasteiger partial charge in [0.2, 0.25) is 5.82 Å². The summed E-state index contributed by atoms with van der Waals surface area (Å²) in [7, 11) is 0. The number of benzene rings is 2. The molecule has 6 heteroatoms. The first-order valence-corrected chi connectivity index (χ1v) is 7.29. The summed E-state index contributed by atoms with van der Waals surface area (Å²) in [5.41, 5.74) is 6.86. The van der Waals surface area contributed by atoms with Gasteiger partial charge in [-0.25, -0.2) is 0 Å². The molecule has 1 amide bonds. The van der Waals surface area contributed by atoms with Crippen molar-refractivity contribution in [3.8, 4) is 17.1 Å². The van der Waals surface area contributed by atoms with E-state index in [1.54, 1.807) is 30.3 Å². The lowest BCUT2D eigenvalue weighted by atomic mass is 10.2. The minimum absolute atomic E-state index is 0.157. The van der Waals surface area contributed by atoms with Crippen LogP contribution in [0.4, 0.5) is 0 Å². The van der Waals surface area contributed by atoms with Crippen molar-refractivity contribution < 1.29 is 14.1 Å². The van der Waals surface area contributed by atoms with Gasteiger partial charge in [-0.3, -0.25) is 4.79 Å². The van der Waals surface area contributed by atoms with Gasteiger partial charge in [0.05, 0.1) is 0 Å². The number of ether oxygens (including phenoxy) is 1. The lowest BCUT2D eigenvalue weighted by Crippen LogP contribution is -2.19. The van der Waals surface area contributed by atoms with Crippen LogP contribution < -0.4 is 10.5 Å². The third kappa shape index (κ3) is 4.07. The fourth-order valence-electron chi connectivity index (χ4n) is 2.01. The molecular formula is C18H15N3O3. The molecule has 0 aliphatic carbocycles. The predicted molar refractivity (Wildman–Crippen MR) is 89.8 cm³/mol. The molecule has 0 saturated heterocycles. The maximum atomic E-state index is 10.7. The molecule has 0 fully saturated rings. The van der Waals surface area contributed by atoms with Gasteiger partial charge in [-0.1, -0.05) is 35.5 Å². The molecule has 6 nitrogen and oxygen atoms in total. The van der Waals surface area contributed by atoms with Crippen molar-refractivity contribution in [1.29, 1.82) is 0 Å². The largest absolute Gasteiger partial charge is 0.484 e. The Bertz CT molecular complexity index is 839. The zero-order valence-corrected chi connectivity index (χ0v) is 12.8. The van der Waals surface area contributed by atoms with Crippen molar-refractivity contribution in [1.82, 2.24) is 10.1 Å². The van der Waals surface area contributed by atoms with E-state index >= 15 is 0 Å². The smallest absolute Gasteiger partial charge is 0.255 e. The van der Waals surface area contributed by atoms with E-state index in [1.165, 1.54) is 0 Å². The van der Waals surface area contributed by atoms with Crippen molar-refractivity contribution in [2.75, 3.05) is 6.61 Å². The summed E-state index contributed by atoms with van der Waals surface area (Å²) >= 11 is 0. The van der Waals surface area contributed by atoms with Gasteiger partial charge in [-0.15, -0.1) is 0 Å². The summed E-state index contributed by atoms with van der Waals surface area (Å²) in [5.74, 6) is 0.921. The maximum Gasteiger partial charge on any atom is 0.255 e. The second-order valence-corrected chi connectivity index (χ2v) is 4.98. The Morgan fingerprint density at radius 3 is 2.54 bits per heavy atom. The molecule has 0 radical (unpaired) electrons. The molecule has 2 aromatic carbocycles. The highest BCUT2D eigenvalue weighted by Gasteiger charge is 2.07. The van der Waals surface area contributed by atoms with Crippen LogP contribution >= 0.6 is 0 Å². The van der Waals surface area contributed by atoms with E-state index in [1.807, 2.05) is 36.4 Å². The van der Waals surface area contributed by atoms with Crippen LogP contribution in [0.25, 0.3) is 23.5 Å². The first-order chi connectivity index (χ1) is 11.7. The summed E-state index contributed by atoms with van der Waals surface area (Å²) < 4.78 is 10.4. The summed E-state index contributed by atoms with van der Waals surface area (Å²) in [6.45, 7) is -0.157. The number of nitrogens with zero attached hydrogens (tertiary/aromatic N) is 2. The molecule has 1 heterocycles. The lowest BCUT2D eigenvalue weighted by molar-refractivity contribution is -0.119. The maximum absolute atomic E-state index is 10.7. The number of aromatic nitrogens is 2. The topological polar surface area (TPSA) is 91.2 Å². The summed E-state index contributed by atoms with van der Waals surface area (Å²) in [4.78, 5) is 15.0. The van der Waals surface area contributed by atoms with E-state index in [4.69, 9.17) is 15.0 Å². The van der Waals surface area contributed by atoms with Crippen LogP contribution in [0.2, 0.25) is 0 Å². The van der Waals surface area contributed by atoms with Gasteiger partial charge in [0, 0.05) is 11.6 Å². The number of carbonyl (C=O) groups excluding carboxylic acids is 1. The molecule has 0 spiro atoms. The molecule has 2 N–H and O–H groups in total. The minimum Gasteiger partial charge on any atom is -0.484 e. The van der Waals surface area contributed by atoms with Crippen LogP contribution in [-0.2, 0) is 4.79 Å². The standard InChI is InChI=1S/C18H15N3O3/c19-16(22)12-23-15-9-7-14(8-10-15)18-20-17(24-21-18)11-6-13-4-2-1-3-5-13/h1-11H,12H2,(H2,19,22)/b11-6+. The van der Waals surface area contributed by atoms with Crippen LogP contribution in [0.5, 0.6) is 5.75 Å². The Hall–Kier alpha value is -3.41. The highest BCUT2D eigenvalue weighted by Crippen LogP contribution is 2.20. The van der Waals surface area contributed by atoms with Gasteiger partial charge in [-0.2, -0.15) is 4.98 Å². The van der Waals surface area contributed by atoms with E-state index in [0.29, 0.717) is 17.5 Å². The van der Waals surface area contributed by atoms with E-state index in [0.717, 1.165) is 11.1 Å². The summed E-state index contributed by atoms with van der Waals surface area (Å²) in [5, 5.41) is 3.95. The molecule has 3 rings (SSSR count). The Balaban J connectivity index is 1.69. The number of hydrogen-bond acceptors (Lipinski definition) is 5. The number of carbonyl (C=O) groups is 1. The third-order valence-electron chi connectivity index (χ3n) is 3.15. The molecule has 0 unspecified atom stereocenters. The Morgan fingerprint density at radius 2 is 1.83 bits per heavy atom. The minimum atomic E-state index is -0.521. The van der Waals surface area contributed by atoms with Gasteiger partial charge in [0.15, 0.2) is 6.61 Å². The van der Waals surface area contributed by atoms with Gasteiger partial charge in [0.1, 0.15) is 5.75 Å². The van der Waals surface area contributed by atoms with Crippen molar-refractivity contribution in [3.05, 3.63) is 66.1 Å². The molecule has 3 aromatic rings. The summed E-state index contributed by atoms with van der Waals surface area (Å²) in [6.07, 6.45) is 3.66.